The Labute approximate surface area is 302 Å². The molecular formula is C33H40Cl2N6O10. The van der Waals surface area contributed by atoms with Crippen LogP contribution in [0.25, 0.3) is 0 Å². The number of carbonyl (C=O) groups excluding carboxylic acids is 1. The molecule has 51 heavy (non-hydrogen) atoms. The monoisotopic (exact) mass is 750 g/mol. The van der Waals surface area contributed by atoms with E-state index in [2.05, 4.69) is 0 Å². The van der Waals surface area contributed by atoms with Crippen molar-refractivity contribution < 1.29 is 39.7 Å². The normalized spacial score (nSPS) is 16.5. The van der Waals surface area contributed by atoms with E-state index in [0.29, 0.717) is 22.6 Å². The van der Waals surface area contributed by atoms with Crippen LogP contribution < -0.4 is 15.9 Å². The number of rotatable bonds is 12. The van der Waals surface area contributed by atoms with Crippen LogP contribution >= 0.6 is 23.2 Å². The summed E-state index contributed by atoms with van der Waals surface area (Å²) in [6, 6.07) is 12.0. The van der Waals surface area contributed by atoms with Gasteiger partial charge in [-0.3, -0.25) is 43.6 Å². The van der Waals surface area contributed by atoms with Gasteiger partial charge in [0.1, 0.15) is 6.04 Å². The largest absolute Gasteiger partial charge is 0.480 e. The summed E-state index contributed by atoms with van der Waals surface area (Å²) in [4.78, 5) is 68.8. The summed E-state index contributed by atoms with van der Waals surface area (Å²) >= 11 is 12.3. The predicted octanol–water partition coefficient (Wildman–Crippen LogP) is 1.64. The molecule has 1 aliphatic heterocycles. The van der Waals surface area contributed by atoms with Crippen molar-refractivity contribution >= 4 is 41.1 Å². The molecule has 0 bridgehead atoms. The highest BCUT2D eigenvalue weighted by atomic mass is 35.5. The minimum atomic E-state index is -1.18. The number of aliphatic carboxylic acids is 2. The van der Waals surface area contributed by atoms with Gasteiger partial charge in [0.05, 0.1) is 28.0 Å². The molecule has 0 amide bonds. The van der Waals surface area contributed by atoms with Crippen LogP contribution in [0.3, 0.4) is 0 Å². The molecule has 4 N–H and O–H groups in total. The molecule has 1 aromatic carbocycles. The third-order valence-electron chi connectivity index (χ3n) is 8.50. The second kappa shape index (κ2) is 18.7. The second-order valence-corrected chi connectivity index (χ2v) is 12.8. The highest BCUT2D eigenvalue weighted by molar-refractivity contribution is 6.37. The van der Waals surface area contributed by atoms with Crippen molar-refractivity contribution in [2.75, 3.05) is 58.9 Å². The van der Waals surface area contributed by atoms with Crippen molar-refractivity contribution in [2.24, 2.45) is 0 Å². The summed E-state index contributed by atoms with van der Waals surface area (Å²) in [5, 5.41) is 41.0. The van der Waals surface area contributed by atoms with Crippen molar-refractivity contribution in [3.8, 4) is 5.75 Å². The first-order valence-corrected chi connectivity index (χ1v) is 16.9. The average molecular weight is 752 g/mol. The van der Waals surface area contributed by atoms with E-state index in [1.165, 1.54) is 36.4 Å². The van der Waals surface area contributed by atoms with Crippen LogP contribution in [0.15, 0.2) is 64.2 Å². The quantitative estimate of drug-likeness (QED) is 0.118. The van der Waals surface area contributed by atoms with Crippen molar-refractivity contribution in [3.63, 3.8) is 0 Å². The van der Waals surface area contributed by atoms with Crippen molar-refractivity contribution in [1.29, 1.82) is 0 Å². The van der Waals surface area contributed by atoms with Crippen LogP contribution in [0, 0.1) is 0 Å². The highest BCUT2D eigenvalue weighted by Crippen LogP contribution is 2.32. The molecule has 0 spiro atoms. The predicted molar refractivity (Wildman–Crippen MR) is 185 cm³/mol. The number of para-hydroxylation sites is 1. The van der Waals surface area contributed by atoms with E-state index in [9.17, 15) is 44.6 Å². The van der Waals surface area contributed by atoms with Crippen LogP contribution in [0.5, 0.6) is 5.75 Å². The van der Waals surface area contributed by atoms with E-state index < -0.39 is 35.1 Å². The first-order chi connectivity index (χ1) is 24.3. The maximum absolute atomic E-state index is 12.9. The maximum Gasteiger partial charge on any atom is 0.320 e. The number of hydrogen-bond acceptors (Lipinski definition) is 12. The summed E-state index contributed by atoms with van der Waals surface area (Å²) in [5.74, 6) is -2.98. The molecule has 1 fully saturated rings. The number of halogens is 2. The van der Waals surface area contributed by atoms with Crippen molar-refractivity contribution in [1.82, 2.24) is 29.1 Å². The van der Waals surface area contributed by atoms with Gasteiger partial charge in [-0.25, -0.2) is 0 Å². The van der Waals surface area contributed by atoms with Gasteiger partial charge < -0.3 is 25.4 Å². The van der Waals surface area contributed by atoms with Gasteiger partial charge in [0, 0.05) is 84.0 Å². The number of nitrogens with zero attached hydrogens (tertiary/aromatic N) is 6. The number of hydrogen-bond donors (Lipinski definition) is 4. The Balaban J connectivity index is 1.60. The maximum atomic E-state index is 12.9. The number of benzene rings is 1. The zero-order valence-corrected chi connectivity index (χ0v) is 29.2. The summed E-state index contributed by atoms with van der Waals surface area (Å²) in [5.41, 5.74) is -0.686. The Morgan fingerprint density at radius 1 is 0.686 bits per heavy atom. The number of ether oxygens (including phenoxy) is 1. The lowest BCUT2D eigenvalue weighted by Gasteiger charge is -2.36. The lowest BCUT2D eigenvalue weighted by molar-refractivity contribution is -0.144. The molecule has 16 nitrogen and oxygen atoms in total. The summed E-state index contributed by atoms with van der Waals surface area (Å²) in [7, 11) is 0. The number of pyridine rings is 2. The third kappa shape index (κ3) is 11.5. The topological polar surface area (TPSA) is 198 Å². The molecule has 0 radical (unpaired) electrons. The summed E-state index contributed by atoms with van der Waals surface area (Å²) < 4.78 is 6.43. The Hall–Kier alpha value is -4.45. The fourth-order valence-corrected chi connectivity index (χ4v) is 6.21. The van der Waals surface area contributed by atoms with Gasteiger partial charge in [-0.1, -0.05) is 41.4 Å². The number of aromatic nitrogens is 2. The molecule has 1 aliphatic rings. The van der Waals surface area contributed by atoms with E-state index >= 15 is 0 Å². The molecule has 1 atom stereocenters. The van der Waals surface area contributed by atoms with Crippen molar-refractivity contribution in [2.45, 2.75) is 32.0 Å². The molecular weight excluding hydrogens is 711 g/mol. The molecule has 18 heteroatoms. The molecule has 276 valence electrons. The minimum absolute atomic E-state index is 0.0289. The first kappa shape index (κ1) is 39.3. The number of carboxylic acids is 2. The first-order valence-electron chi connectivity index (χ1n) is 16.1. The van der Waals surface area contributed by atoms with E-state index in [4.69, 9.17) is 27.9 Å². The number of carbonyl (C=O) groups is 3. The van der Waals surface area contributed by atoms with Gasteiger partial charge in [-0.15, -0.1) is 0 Å². The van der Waals surface area contributed by atoms with Gasteiger partial charge in [0.25, 0.3) is 11.1 Å². The number of esters is 1. The fourth-order valence-electron chi connectivity index (χ4n) is 5.74. The van der Waals surface area contributed by atoms with Crippen LogP contribution in [0.1, 0.15) is 24.2 Å². The highest BCUT2D eigenvalue weighted by Gasteiger charge is 2.29. The van der Waals surface area contributed by atoms with Gasteiger partial charge in [0.15, 0.2) is 5.75 Å². The average Bonchev–Trinajstić information content (AvgIpc) is 3.07. The minimum Gasteiger partial charge on any atom is -0.480 e. The standard InChI is InChI=1S/C33H40Cl2N6O10/c34-25-6-3-7-26(35)32(25)51-31(46)11-10-27(33(47)48)39-18-16-36(20-23-4-1-8-28(42)40(23)49)12-14-38(22-30(44)45)15-13-37(17-19-39)21-24-5-2-9-29(43)41(24)50/h1-9,27,49-50H,10-22H2,(H,44,45)(H,47,48). The van der Waals surface area contributed by atoms with Gasteiger partial charge in [-0.2, -0.15) is 9.46 Å². The zero-order valence-electron chi connectivity index (χ0n) is 27.6. The van der Waals surface area contributed by atoms with Crippen LogP contribution in [0.4, 0.5) is 0 Å². The summed E-state index contributed by atoms with van der Waals surface area (Å²) in [6.45, 7) is 1.86. The molecule has 3 aromatic rings. The Bertz CT molecular complexity index is 1710. The molecule has 1 unspecified atom stereocenters. The lowest BCUT2D eigenvalue weighted by atomic mass is 10.1. The SMILES string of the molecule is O=C(O)CN1CCN(Cc2cccc(=O)n2O)CCN(C(CCC(=O)Oc2c(Cl)cccc2Cl)C(=O)O)CCN(Cc2cccc(=O)n2O)CC1. The van der Waals surface area contributed by atoms with E-state index in [1.807, 2.05) is 9.80 Å². The fraction of sp³-hybridized carbons (Fsp3) is 0.424. The summed E-state index contributed by atoms with van der Waals surface area (Å²) in [6.07, 6.45) is -0.416. The van der Waals surface area contributed by atoms with Crippen LogP contribution in [0.2, 0.25) is 10.0 Å². The van der Waals surface area contributed by atoms with Gasteiger partial charge in [-0.05, 0) is 30.7 Å². The lowest BCUT2D eigenvalue weighted by Crippen LogP contribution is -2.51. The zero-order chi connectivity index (χ0) is 37.1. The smallest absolute Gasteiger partial charge is 0.320 e. The molecule has 0 aliphatic carbocycles. The molecule has 1 saturated heterocycles. The van der Waals surface area contributed by atoms with Crippen LogP contribution in [-0.2, 0) is 27.5 Å². The molecule has 0 saturated carbocycles. The van der Waals surface area contributed by atoms with Crippen LogP contribution in [-0.4, -0.2) is 133 Å². The van der Waals surface area contributed by atoms with E-state index in [0.717, 1.165) is 0 Å². The van der Waals surface area contributed by atoms with Crippen molar-refractivity contribution in [3.05, 3.63) is 96.7 Å². The second-order valence-electron chi connectivity index (χ2n) is 12.0. The Kier molecular flexibility index (Phi) is 14.4. The van der Waals surface area contributed by atoms with Gasteiger partial charge in [0.2, 0.25) is 0 Å². The molecule has 3 heterocycles. The van der Waals surface area contributed by atoms with Gasteiger partial charge >= 0.3 is 17.9 Å². The Morgan fingerprint density at radius 3 is 1.61 bits per heavy atom. The molecule has 2 aromatic heterocycles. The third-order valence-corrected chi connectivity index (χ3v) is 9.10. The number of carboxylic acid groups (broad SMARTS) is 2. The van der Waals surface area contributed by atoms with E-state index in [-0.39, 0.29) is 98.9 Å². The Morgan fingerprint density at radius 2 is 1.14 bits per heavy atom. The molecule has 4 rings (SSSR count). The van der Waals surface area contributed by atoms with E-state index in [1.54, 1.807) is 28.0 Å².